The van der Waals surface area contributed by atoms with Crippen LogP contribution < -0.4 is 4.90 Å². The van der Waals surface area contributed by atoms with Gasteiger partial charge in [0.1, 0.15) is 12.4 Å². The van der Waals surface area contributed by atoms with Crippen LogP contribution in [0.15, 0.2) is 0 Å². The lowest BCUT2D eigenvalue weighted by Gasteiger charge is -2.31. The SMILES string of the molecule is Clc1nc(N2CC3CC32)c2nc3n(c2n1)CCCOC3. The third-order valence-electron chi connectivity index (χ3n) is 4.52. The lowest BCUT2D eigenvalue weighted by atomic mass is 10.2. The predicted octanol–water partition coefficient (Wildman–Crippen LogP) is 1.61. The molecule has 2 unspecified atom stereocenters. The van der Waals surface area contributed by atoms with Crippen molar-refractivity contribution in [2.24, 2.45) is 5.92 Å². The first-order valence-corrected chi connectivity index (χ1v) is 7.46. The van der Waals surface area contributed by atoms with Gasteiger partial charge in [-0.05, 0) is 30.4 Å². The van der Waals surface area contributed by atoms with Crippen molar-refractivity contribution in [3.63, 3.8) is 0 Å². The Hall–Kier alpha value is -1.40. The first-order chi connectivity index (χ1) is 9.81. The second-order valence-corrected chi connectivity index (χ2v) is 6.13. The molecule has 0 amide bonds. The Bertz CT molecular complexity index is 714. The molecule has 1 saturated heterocycles. The van der Waals surface area contributed by atoms with Crippen LogP contribution in [0.25, 0.3) is 11.2 Å². The Balaban J connectivity index is 1.72. The average Bonchev–Trinajstić information content (AvgIpc) is 3.01. The van der Waals surface area contributed by atoms with Gasteiger partial charge in [-0.2, -0.15) is 9.97 Å². The molecule has 104 valence electrons. The molecule has 1 saturated carbocycles. The van der Waals surface area contributed by atoms with Gasteiger partial charge in [0.05, 0.1) is 0 Å². The Morgan fingerprint density at radius 2 is 2.20 bits per heavy atom. The van der Waals surface area contributed by atoms with Gasteiger partial charge in [-0.25, -0.2) is 4.98 Å². The number of hydrogen-bond acceptors (Lipinski definition) is 5. The summed E-state index contributed by atoms with van der Waals surface area (Å²) in [6.07, 6.45) is 2.25. The molecule has 0 bridgehead atoms. The van der Waals surface area contributed by atoms with Crippen molar-refractivity contribution in [2.75, 3.05) is 18.1 Å². The Morgan fingerprint density at radius 3 is 3.00 bits per heavy atom. The first-order valence-electron chi connectivity index (χ1n) is 7.08. The number of ether oxygens (including phenoxy) is 1. The topological polar surface area (TPSA) is 56.1 Å². The molecule has 2 aromatic rings. The minimum absolute atomic E-state index is 0.310. The molecule has 3 aliphatic rings. The van der Waals surface area contributed by atoms with E-state index >= 15 is 0 Å². The van der Waals surface area contributed by atoms with E-state index in [-0.39, 0.29) is 0 Å². The fourth-order valence-corrected chi connectivity index (χ4v) is 3.50. The third-order valence-corrected chi connectivity index (χ3v) is 4.69. The molecular formula is C13H14ClN5O. The maximum Gasteiger partial charge on any atom is 0.226 e. The molecule has 0 spiro atoms. The number of rotatable bonds is 1. The number of halogens is 1. The summed E-state index contributed by atoms with van der Waals surface area (Å²) in [5.41, 5.74) is 1.73. The lowest BCUT2D eigenvalue weighted by Crippen LogP contribution is -2.40. The lowest BCUT2D eigenvalue weighted by molar-refractivity contribution is 0.122. The minimum Gasteiger partial charge on any atom is -0.373 e. The van der Waals surface area contributed by atoms with Gasteiger partial charge in [0, 0.05) is 25.7 Å². The minimum atomic E-state index is 0.310. The molecule has 1 aliphatic carbocycles. The normalized spacial score (nSPS) is 27.8. The molecule has 2 atom stereocenters. The molecule has 20 heavy (non-hydrogen) atoms. The van der Waals surface area contributed by atoms with E-state index in [1.165, 1.54) is 6.42 Å². The standard InChI is InChI=1S/C13H14ClN5O/c14-13-16-11-10(12(17-13)19-5-7-4-8(7)19)15-9-6-20-3-1-2-18(9)11/h7-8H,1-6H2. The molecule has 6 nitrogen and oxygen atoms in total. The van der Waals surface area contributed by atoms with Crippen LogP contribution >= 0.6 is 11.6 Å². The van der Waals surface area contributed by atoms with E-state index in [1.807, 2.05) is 0 Å². The van der Waals surface area contributed by atoms with Crippen molar-refractivity contribution in [3.8, 4) is 0 Å². The number of hydrogen-bond donors (Lipinski definition) is 0. The molecule has 0 N–H and O–H groups in total. The Morgan fingerprint density at radius 1 is 1.25 bits per heavy atom. The largest absolute Gasteiger partial charge is 0.373 e. The van der Waals surface area contributed by atoms with E-state index < -0.39 is 0 Å². The number of fused-ring (bicyclic) bond motifs is 4. The van der Waals surface area contributed by atoms with Crippen molar-refractivity contribution < 1.29 is 4.74 Å². The zero-order valence-corrected chi connectivity index (χ0v) is 11.7. The van der Waals surface area contributed by atoms with E-state index in [4.69, 9.17) is 21.3 Å². The van der Waals surface area contributed by atoms with Gasteiger partial charge < -0.3 is 14.2 Å². The van der Waals surface area contributed by atoms with Crippen molar-refractivity contribution in [1.82, 2.24) is 19.5 Å². The van der Waals surface area contributed by atoms with Crippen LogP contribution in [0.2, 0.25) is 5.28 Å². The second-order valence-electron chi connectivity index (χ2n) is 5.79. The highest BCUT2D eigenvalue weighted by atomic mass is 35.5. The Labute approximate surface area is 120 Å². The molecule has 0 radical (unpaired) electrons. The molecular weight excluding hydrogens is 278 g/mol. The average molecular weight is 292 g/mol. The zero-order valence-electron chi connectivity index (χ0n) is 10.9. The highest BCUT2D eigenvalue weighted by Crippen LogP contribution is 2.49. The van der Waals surface area contributed by atoms with Crippen LogP contribution in [0.3, 0.4) is 0 Å². The first kappa shape index (κ1) is 11.3. The van der Waals surface area contributed by atoms with E-state index in [2.05, 4.69) is 19.4 Å². The van der Waals surface area contributed by atoms with Gasteiger partial charge in [0.2, 0.25) is 5.28 Å². The van der Waals surface area contributed by atoms with Crippen LogP contribution in [-0.4, -0.2) is 38.7 Å². The number of nitrogens with zero attached hydrogens (tertiary/aromatic N) is 5. The van der Waals surface area contributed by atoms with Crippen LogP contribution in [-0.2, 0) is 17.9 Å². The summed E-state index contributed by atoms with van der Waals surface area (Å²) in [5.74, 6) is 2.70. The van der Waals surface area contributed by atoms with Gasteiger partial charge in [-0.3, -0.25) is 0 Å². The second kappa shape index (κ2) is 3.83. The van der Waals surface area contributed by atoms with E-state index in [0.29, 0.717) is 17.9 Å². The molecule has 2 fully saturated rings. The molecule has 5 rings (SSSR count). The smallest absolute Gasteiger partial charge is 0.226 e. The monoisotopic (exact) mass is 291 g/mol. The maximum atomic E-state index is 6.13. The highest BCUT2D eigenvalue weighted by Gasteiger charge is 2.53. The summed E-state index contributed by atoms with van der Waals surface area (Å²) in [4.78, 5) is 15.9. The summed E-state index contributed by atoms with van der Waals surface area (Å²) in [7, 11) is 0. The fraction of sp³-hybridized carbons (Fsp3) is 0.615. The van der Waals surface area contributed by atoms with Gasteiger partial charge in [-0.15, -0.1) is 0 Å². The number of aryl methyl sites for hydroxylation is 1. The van der Waals surface area contributed by atoms with Gasteiger partial charge in [0.15, 0.2) is 17.0 Å². The van der Waals surface area contributed by atoms with Gasteiger partial charge >= 0.3 is 0 Å². The number of anilines is 1. The fourth-order valence-electron chi connectivity index (χ4n) is 3.34. The summed E-state index contributed by atoms with van der Waals surface area (Å²) < 4.78 is 7.70. The van der Waals surface area contributed by atoms with Gasteiger partial charge in [-0.1, -0.05) is 0 Å². The predicted molar refractivity (Wildman–Crippen MR) is 73.8 cm³/mol. The maximum absolute atomic E-state index is 6.13. The summed E-state index contributed by atoms with van der Waals surface area (Å²) in [6, 6.07) is 0.655. The summed E-state index contributed by atoms with van der Waals surface area (Å²) >= 11 is 6.13. The van der Waals surface area contributed by atoms with E-state index in [9.17, 15) is 0 Å². The number of imidazole rings is 1. The van der Waals surface area contributed by atoms with Crippen LogP contribution in [0.5, 0.6) is 0 Å². The molecule has 0 aromatic carbocycles. The van der Waals surface area contributed by atoms with Crippen LogP contribution in [0, 0.1) is 5.92 Å². The molecule has 2 aliphatic heterocycles. The van der Waals surface area contributed by atoms with Crippen molar-refractivity contribution in [1.29, 1.82) is 0 Å². The van der Waals surface area contributed by atoms with E-state index in [1.54, 1.807) is 0 Å². The third kappa shape index (κ3) is 1.46. The summed E-state index contributed by atoms with van der Waals surface area (Å²) in [6.45, 7) is 3.27. The molecule has 4 heterocycles. The zero-order chi connectivity index (χ0) is 13.3. The Kier molecular flexibility index (Phi) is 2.16. The summed E-state index contributed by atoms with van der Waals surface area (Å²) in [5, 5.41) is 0.310. The number of aromatic nitrogens is 4. The van der Waals surface area contributed by atoms with Gasteiger partial charge in [0.25, 0.3) is 0 Å². The van der Waals surface area contributed by atoms with E-state index in [0.717, 1.165) is 54.8 Å². The molecule has 7 heteroatoms. The van der Waals surface area contributed by atoms with Crippen LogP contribution in [0.1, 0.15) is 18.7 Å². The molecule has 2 aromatic heterocycles. The van der Waals surface area contributed by atoms with Crippen LogP contribution in [0.4, 0.5) is 5.82 Å². The quantitative estimate of drug-likeness (QED) is 0.747. The highest BCUT2D eigenvalue weighted by molar-refractivity contribution is 6.28. The van der Waals surface area contributed by atoms with Crippen molar-refractivity contribution >= 4 is 28.6 Å². The van der Waals surface area contributed by atoms with Crippen molar-refractivity contribution in [3.05, 3.63) is 11.1 Å². The van der Waals surface area contributed by atoms with Crippen molar-refractivity contribution in [2.45, 2.75) is 32.0 Å².